The van der Waals surface area contributed by atoms with E-state index in [1.807, 2.05) is 31.2 Å². The Labute approximate surface area is 172 Å². The van der Waals surface area contributed by atoms with Gasteiger partial charge in [-0.25, -0.2) is 4.68 Å². The number of hydrogen-bond acceptors (Lipinski definition) is 6. The summed E-state index contributed by atoms with van der Waals surface area (Å²) in [6.07, 6.45) is 0. The molecular formula is C17H15Br2N3O3S. The maximum Gasteiger partial charge on any atom is 0.289 e. The fourth-order valence-corrected chi connectivity index (χ4v) is 3.71. The van der Waals surface area contributed by atoms with E-state index in [9.17, 15) is 5.11 Å². The Hall–Kier alpha value is -1.84. The molecule has 0 saturated heterocycles. The fourth-order valence-electron chi connectivity index (χ4n) is 2.30. The summed E-state index contributed by atoms with van der Waals surface area (Å²) in [7, 11) is 0. The highest BCUT2D eigenvalue weighted by Crippen LogP contribution is 2.37. The van der Waals surface area contributed by atoms with Crippen molar-refractivity contribution in [1.82, 2.24) is 9.78 Å². The number of aromatic nitrogens is 2. The lowest BCUT2D eigenvalue weighted by atomic mass is 10.2. The first kappa shape index (κ1) is 18.9. The molecule has 9 heteroatoms. The van der Waals surface area contributed by atoms with Gasteiger partial charge in [0.2, 0.25) is 0 Å². The number of ether oxygens (including phenoxy) is 1. The molecule has 26 heavy (non-hydrogen) atoms. The second kappa shape index (κ2) is 8.24. The monoisotopic (exact) mass is 499 g/mol. The minimum atomic E-state index is 0.0336. The van der Waals surface area contributed by atoms with Crippen molar-refractivity contribution in [2.75, 3.05) is 11.9 Å². The molecule has 0 unspecified atom stereocenters. The van der Waals surface area contributed by atoms with Gasteiger partial charge in [0.1, 0.15) is 18.2 Å². The third kappa shape index (κ3) is 4.11. The predicted octanol–water partition coefficient (Wildman–Crippen LogP) is 5.57. The van der Waals surface area contributed by atoms with Gasteiger partial charge in [0.25, 0.3) is 10.7 Å². The average molecular weight is 501 g/mol. The van der Waals surface area contributed by atoms with E-state index in [-0.39, 0.29) is 16.5 Å². The molecule has 1 heterocycles. The summed E-state index contributed by atoms with van der Waals surface area (Å²) in [4.78, 5) is 0.192. The van der Waals surface area contributed by atoms with Gasteiger partial charge in [-0.1, -0.05) is 28.1 Å². The van der Waals surface area contributed by atoms with Crippen molar-refractivity contribution in [2.24, 2.45) is 0 Å². The van der Waals surface area contributed by atoms with E-state index in [1.165, 1.54) is 4.68 Å². The van der Waals surface area contributed by atoms with Crippen molar-refractivity contribution >= 4 is 49.8 Å². The highest BCUT2D eigenvalue weighted by atomic mass is 79.9. The topological polar surface area (TPSA) is 72.5 Å². The van der Waals surface area contributed by atoms with Crippen molar-refractivity contribution in [2.45, 2.75) is 13.6 Å². The van der Waals surface area contributed by atoms with Gasteiger partial charge in [0.15, 0.2) is 0 Å². The summed E-state index contributed by atoms with van der Waals surface area (Å²) in [5.74, 6) is 1.01. The van der Waals surface area contributed by atoms with Crippen LogP contribution >= 0.6 is 44.1 Å². The zero-order chi connectivity index (χ0) is 18.7. The van der Waals surface area contributed by atoms with Gasteiger partial charge in [-0.15, -0.1) is 5.10 Å². The van der Waals surface area contributed by atoms with E-state index >= 15 is 0 Å². The van der Waals surface area contributed by atoms with Crippen LogP contribution in [0.15, 0.2) is 49.8 Å². The van der Waals surface area contributed by atoms with Gasteiger partial charge in [-0.05, 0) is 59.3 Å². The highest BCUT2D eigenvalue weighted by molar-refractivity contribution is 9.11. The molecule has 0 radical (unpaired) electrons. The van der Waals surface area contributed by atoms with Crippen LogP contribution in [0.3, 0.4) is 0 Å². The lowest BCUT2D eigenvalue weighted by molar-refractivity contribution is 0.341. The van der Waals surface area contributed by atoms with E-state index in [0.29, 0.717) is 23.3 Å². The molecular weight excluding hydrogens is 486 g/mol. The van der Waals surface area contributed by atoms with Crippen LogP contribution in [0.25, 0.3) is 11.5 Å². The lowest BCUT2D eigenvalue weighted by Crippen LogP contribution is -2.10. The quantitative estimate of drug-likeness (QED) is 0.431. The van der Waals surface area contributed by atoms with Gasteiger partial charge < -0.3 is 19.6 Å². The largest absolute Gasteiger partial charge is 0.506 e. The number of nitrogens with one attached hydrogen (secondary N) is 1. The average Bonchev–Trinajstić information content (AvgIpc) is 2.98. The van der Waals surface area contributed by atoms with Crippen molar-refractivity contribution in [3.63, 3.8) is 0 Å². The highest BCUT2D eigenvalue weighted by Gasteiger charge is 2.16. The van der Waals surface area contributed by atoms with Gasteiger partial charge in [-0.2, -0.15) is 0 Å². The van der Waals surface area contributed by atoms with Crippen LogP contribution in [0, 0.1) is 4.84 Å². The van der Waals surface area contributed by atoms with E-state index in [1.54, 1.807) is 12.1 Å². The summed E-state index contributed by atoms with van der Waals surface area (Å²) >= 11 is 11.9. The molecule has 3 aromatic rings. The Morgan fingerprint density at radius 3 is 2.85 bits per heavy atom. The molecule has 2 aromatic carbocycles. The third-order valence-electron chi connectivity index (χ3n) is 3.47. The molecule has 0 aliphatic rings. The minimum absolute atomic E-state index is 0.0336. The zero-order valence-electron chi connectivity index (χ0n) is 13.7. The number of benzene rings is 2. The number of phenols is 1. The van der Waals surface area contributed by atoms with Crippen LogP contribution < -0.4 is 10.1 Å². The molecule has 0 spiro atoms. The first-order valence-corrected chi connectivity index (χ1v) is 9.71. The number of phenolic OH excluding ortho intramolecular Hbond substituents is 1. The van der Waals surface area contributed by atoms with Gasteiger partial charge >= 0.3 is 0 Å². The first-order valence-electron chi connectivity index (χ1n) is 7.71. The number of halogens is 2. The molecule has 3 rings (SSSR count). The van der Waals surface area contributed by atoms with Gasteiger partial charge in [0, 0.05) is 4.47 Å². The molecule has 136 valence electrons. The van der Waals surface area contributed by atoms with Crippen molar-refractivity contribution in [3.05, 3.63) is 50.2 Å². The van der Waals surface area contributed by atoms with E-state index in [4.69, 9.17) is 21.4 Å². The van der Waals surface area contributed by atoms with Crippen LogP contribution in [0.5, 0.6) is 11.5 Å². The Morgan fingerprint density at radius 2 is 2.08 bits per heavy atom. The first-order chi connectivity index (χ1) is 12.5. The van der Waals surface area contributed by atoms with Crippen molar-refractivity contribution in [3.8, 4) is 23.0 Å². The molecule has 0 aliphatic carbocycles. The van der Waals surface area contributed by atoms with Crippen molar-refractivity contribution in [1.29, 1.82) is 0 Å². The molecule has 6 nitrogen and oxygen atoms in total. The normalized spacial score (nSPS) is 10.7. The SMILES string of the molecule is CCOc1ccccc1NCn1nc(-c2cc(Br)cc(Br)c2O)oc1=S. The number of aromatic hydroxyl groups is 1. The maximum atomic E-state index is 10.2. The molecule has 0 aliphatic heterocycles. The molecule has 0 amide bonds. The van der Waals surface area contributed by atoms with E-state index < -0.39 is 0 Å². The Morgan fingerprint density at radius 1 is 1.31 bits per heavy atom. The summed E-state index contributed by atoms with van der Waals surface area (Å²) < 4.78 is 13.9. The third-order valence-corrected chi connectivity index (χ3v) is 4.83. The van der Waals surface area contributed by atoms with Crippen LogP contribution in [0.2, 0.25) is 0 Å². The lowest BCUT2D eigenvalue weighted by Gasteiger charge is -2.11. The molecule has 1 aromatic heterocycles. The predicted molar refractivity (Wildman–Crippen MR) is 109 cm³/mol. The molecule has 0 bridgehead atoms. The van der Waals surface area contributed by atoms with Crippen LogP contribution in [0.4, 0.5) is 5.69 Å². The Bertz CT molecular complexity index is 988. The summed E-state index contributed by atoms with van der Waals surface area (Å²) in [6.45, 7) is 2.80. The maximum absolute atomic E-state index is 10.2. The minimum Gasteiger partial charge on any atom is -0.506 e. The second-order valence-electron chi connectivity index (χ2n) is 5.22. The number of hydrogen-bond donors (Lipinski definition) is 2. The molecule has 2 N–H and O–H groups in total. The fraction of sp³-hybridized carbons (Fsp3) is 0.176. The standard InChI is InChI=1S/C17H15Br2N3O3S/c1-2-24-14-6-4-3-5-13(14)20-9-22-17(26)25-16(21-22)11-7-10(18)8-12(19)15(11)23/h3-8,20,23H,2,9H2,1H3. The number of anilines is 1. The molecule has 0 atom stereocenters. The van der Waals surface area contributed by atoms with Crippen LogP contribution in [0.1, 0.15) is 6.92 Å². The van der Waals surface area contributed by atoms with Crippen LogP contribution in [-0.4, -0.2) is 21.5 Å². The van der Waals surface area contributed by atoms with Gasteiger partial charge in [0.05, 0.1) is 22.3 Å². The van der Waals surface area contributed by atoms with E-state index in [2.05, 4.69) is 42.3 Å². The smallest absolute Gasteiger partial charge is 0.289 e. The Kier molecular flexibility index (Phi) is 6.00. The van der Waals surface area contributed by atoms with E-state index in [0.717, 1.165) is 15.9 Å². The summed E-state index contributed by atoms with van der Waals surface area (Å²) in [5.41, 5.74) is 1.26. The van der Waals surface area contributed by atoms with Crippen LogP contribution in [-0.2, 0) is 6.67 Å². The van der Waals surface area contributed by atoms with Gasteiger partial charge in [-0.3, -0.25) is 0 Å². The number of rotatable bonds is 6. The number of nitrogens with zero attached hydrogens (tertiary/aromatic N) is 2. The number of para-hydroxylation sites is 2. The zero-order valence-corrected chi connectivity index (χ0v) is 17.7. The van der Waals surface area contributed by atoms with Crippen molar-refractivity contribution < 1.29 is 14.3 Å². The molecule has 0 saturated carbocycles. The molecule has 0 fully saturated rings. The second-order valence-corrected chi connectivity index (χ2v) is 7.34. The Balaban J connectivity index is 1.85. The summed E-state index contributed by atoms with van der Waals surface area (Å²) in [6, 6.07) is 11.1. The summed E-state index contributed by atoms with van der Waals surface area (Å²) in [5, 5.41) is 17.8.